The molecule has 2 rings (SSSR count). The van der Waals surface area contributed by atoms with E-state index in [1.165, 1.54) is 25.7 Å². The van der Waals surface area contributed by atoms with Crippen molar-refractivity contribution in [2.45, 2.75) is 38.5 Å². The molecular formula is C12H20N2O2. The summed E-state index contributed by atoms with van der Waals surface area (Å²) in [4.78, 5) is 8.54. The summed E-state index contributed by atoms with van der Waals surface area (Å²) in [5, 5.41) is 0. The molecule has 0 bridgehead atoms. The summed E-state index contributed by atoms with van der Waals surface area (Å²) in [7, 11) is 0. The lowest BCUT2D eigenvalue weighted by molar-refractivity contribution is 0.334. The van der Waals surface area contributed by atoms with Crippen LogP contribution in [0.5, 0.6) is 0 Å². The Morgan fingerprint density at radius 3 is 1.62 bits per heavy atom. The van der Waals surface area contributed by atoms with Gasteiger partial charge in [-0.1, -0.05) is 12.8 Å². The van der Waals surface area contributed by atoms with Gasteiger partial charge in [-0.15, -0.1) is 0 Å². The zero-order valence-electron chi connectivity index (χ0n) is 9.78. The Balaban J connectivity index is 1.43. The molecule has 0 spiro atoms. The van der Waals surface area contributed by atoms with Gasteiger partial charge in [-0.05, 0) is 12.8 Å². The molecule has 0 fully saturated rings. The first kappa shape index (κ1) is 11.4. The van der Waals surface area contributed by atoms with Crippen LogP contribution < -0.4 is 0 Å². The van der Waals surface area contributed by atoms with Crippen LogP contribution in [0, 0.1) is 0 Å². The van der Waals surface area contributed by atoms with Crippen molar-refractivity contribution >= 4 is 11.8 Å². The molecule has 0 aromatic heterocycles. The smallest absolute Gasteiger partial charge is 0.183 e. The molecule has 2 aliphatic rings. The molecule has 0 aromatic carbocycles. The molecule has 2 heterocycles. The first-order valence-corrected chi connectivity index (χ1v) is 6.27. The topological polar surface area (TPSA) is 43.2 Å². The van der Waals surface area contributed by atoms with Crippen LogP contribution in [0.2, 0.25) is 0 Å². The monoisotopic (exact) mass is 224 g/mol. The molecule has 0 aliphatic carbocycles. The minimum Gasteiger partial charge on any atom is -0.479 e. The fourth-order valence-electron chi connectivity index (χ4n) is 1.97. The third-order valence-electron chi connectivity index (χ3n) is 2.83. The number of hydrogen-bond acceptors (Lipinski definition) is 4. The maximum atomic E-state index is 5.35. The first-order chi connectivity index (χ1) is 7.95. The Morgan fingerprint density at radius 2 is 1.25 bits per heavy atom. The second kappa shape index (κ2) is 6.51. The van der Waals surface area contributed by atoms with Crippen molar-refractivity contribution < 1.29 is 9.47 Å². The maximum absolute atomic E-state index is 5.35. The Hall–Kier alpha value is -1.06. The van der Waals surface area contributed by atoms with Crippen molar-refractivity contribution in [3.8, 4) is 0 Å². The second-order valence-electron chi connectivity index (χ2n) is 4.16. The van der Waals surface area contributed by atoms with E-state index in [4.69, 9.17) is 9.47 Å². The number of rotatable bonds is 7. The van der Waals surface area contributed by atoms with Crippen molar-refractivity contribution in [2.24, 2.45) is 9.98 Å². The molecule has 0 aromatic rings. The van der Waals surface area contributed by atoms with Gasteiger partial charge in [-0.25, -0.2) is 0 Å². The third kappa shape index (κ3) is 3.83. The van der Waals surface area contributed by atoms with E-state index in [9.17, 15) is 0 Å². The van der Waals surface area contributed by atoms with Crippen LogP contribution in [-0.4, -0.2) is 38.1 Å². The van der Waals surface area contributed by atoms with Gasteiger partial charge < -0.3 is 9.47 Å². The molecule has 0 saturated carbocycles. The molecule has 0 saturated heterocycles. The highest BCUT2D eigenvalue weighted by atomic mass is 16.5. The number of unbranched alkanes of at least 4 members (excludes halogenated alkanes) is 3. The summed E-state index contributed by atoms with van der Waals surface area (Å²) < 4.78 is 10.7. The van der Waals surface area contributed by atoms with Crippen LogP contribution in [-0.2, 0) is 9.47 Å². The van der Waals surface area contributed by atoms with Gasteiger partial charge in [0.1, 0.15) is 13.2 Å². The fourth-order valence-corrected chi connectivity index (χ4v) is 1.97. The standard InChI is InChI=1S/C12H20N2O2/c1(3-5-11-13-7-9-15-11)2-4-6-12-14-8-10-16-12/h1-10H2. The van der Waals surface area contributed by atoms with Crippen molar-refractivity contribution in [3.63, 3.8) is 0 Å². The maximum Gasteiger partial charge on any atom is 0.183 e. The fraction of sp³-hybridized carbons (Fsp3) is 0.833. The summed E-state index contributed by atoms with van der Waals surface area (Å²) in [6, 6.07) is 0. The van der Waals surface area contributed by atoms with Crippen LogP contribution in [0.15, 0.2) is 9.98 Å². The van der Waals surface area contributed by atoms with Crippen LogP contribution in [0.1, 0.15) is 38.5 Å². The van der Waals surface area contributed by atoms with Crippen LogP contribution in [0.25, 0.3) is 0 Å². The number of aliphatic imine (C=N–C) groups is 2. The molecule has 0 radical (unpaired) electrons. The summed E-state index contributed by atoms with van der Waals surface area (Å²) in [6.07, 6.45) is 6.89. The normalized spacial score (nSPS) is 19.0. The summed E-state index contributed by atoms with van der Waals surface area (Å²) in [5.74, 6) is 1.92. The highest BCUT2D eigenvalue weighted by Crippen LogP contribution is 2.10. The predicted molar refractivity (Wildman–Crippen MR) is 64.2 cm³/mol. The first-order valence-electron chi connectivity index (χ1n) is 6.27. The Morgan fingerprint density at radius 1 is 0.750 bits per heavy atom. The summed E-state index contributed by atoms with van der Waals surface area (Å²) >= 11 is 0. The van der Waals surface area contributed by atoms with Crippen molar-refractivity contribution in [2.75, 3.05) is 26.3 Å². The number of nitrogens with zero attached hydrogens (tertiary/aromatic N) is 2. The van der Waals surface area contributed by atoms with Gasteiger partial charge in [0.05, 0.1) is 13.1 Å². The van der Waals surface area contributed by atoms with E-state index in [2.05, 4.69) is 9.98 Å². The van der Waals surface area contributed by atoms with E-state index in [0.717, 1.165) is 50.9 Å². The zero-order chi connectivity index (χ0) is 11.1. The van der Waals surface area contributed by atoms with E-state index < -0.39 is 0 Å². The predicted octanol–water partition coefficient (Wildman–Crippen LogP) is 2.18. The van der Waals surface area contributed by atoms with E-state index in [1.54, 1.807) is 0 Å². The molecule has 0 N–H and O–H groups in total. The SMILES string of the molecule is C(CCCC1=NCCO1)CCC1=NCCO1. The van der Waals surface area contributed by atoms with Crippen molar-refractivity contribution in [3.05, 3.63) is 0 Å². The van der Waals surface area contributed by atoms with Gasteiger partial charge in [0.2, 0.25) is 0 Å². The molecule has 90 valence electrons. The van der Waals surface area contributed by atoms with E-state index in [-0.39, 0.29) is 0 Å². The molecule has 0 unspecified atom stereocenters. The minimum atomic E-state index is 0.784. The Bertz CT molecular complexity index is 246. The Labute approximate surface area is 96.8 Å². The van der Waals surface area contributed by atoms with Gasteiger partial charge in [0.15, 0.2) is 11.8 Å². The lowest BCUT2D eigenvalue weighted by Crippen LogP contribution is -1.99. The quantitative estimate of drug-likeness (QED) is 0.622. The molecule has 4 nitrogen and oxygen atoms in total. The zero-order valence-corrected chi connectivity index (χ0v) is 9.78. The lowest BCUT2D eigenvalue weighted by Gasteiger charge is -2.03. The van der Waals surface area contributed by atoms with E-state index in [0.29, 0.717) is 0 Å². The van der Waals surface area contributed by atoms with Gasteiger partial charge in [-0.2, -0.15) is 0 Å². The van der Waals surface area contributed by atoms with E-state index >= 15 is 0 Å². The molecule has 16 heavy (non-hydrogen) atoms. The average Bonchev–Trinajstić information content (AvgIpc) is 2.96. The van der Waals surface area contributed by atoms with Crippen LogP contribution in [0.3, 0.4) is 0 Å². The number of hydrogen-bond donors (Lipinski definition) is 0. The summed E-state index contributed by atoms with van der Waals surface area (Å²) in [5.41, 5.74) is 0. The van der Waals surface area contributed by atoms with E-state index in [1.807, 2.05) is 0 Å². The van der Waals surface area contributed by atoms with Crippen molar-refractivity contribution in [1.29, 1.82) is 0 Å². The van der Waals surface area contributed by atoms with Gasteiger partial charge >= 0.3 is 0 Å². The molecule has 0 amide bonds. The Kier molecular flexibility index (Phi) is 4.65. The van der Waals surface area contributed by atoms with Crippen LogP contribution in [0.4, 0.5) is 0 Å². The van der Waals surface area contributed by atoms with Crippen LogP contribution >= 0.6 is 0 Å². The minimum absolute atomic E-state index is 0.784. The van der Waals surface area contributed by atoms with Gasteiger partial charge in [0, 0.05) is 12.8 Å². The summed E-state index contributed by atoms with van der Waals surface area (Å²) in [6.45, 7) is 3.28. The molecular weight excluding hydrogens is 204 g/mol. The second-order valence-corrected chi connectivity index (χ2v) is 4.16. The largest absolute Gasteiger partial charge is 0.479 e. The third-order valence-corrected chi connectivity index (χ3v) is 2.83. The highest BCUT2D eigenvalue weighted by molar-refractivity contribution is 5.77. The van der Waals surface area contributed by atoms with Gasteiger partial charge in [0.25, 0.3) is 0 Å². The van der Waals surface area contributed by atoms with Gasteiger partial charge in [-0.3, -0.25) is 9.98 Å². The molecule has 2 aliphatic heterocycles. The lowest BCUT2D eigenvalue weighted by atomic mass is 10.1. The molecule has 0 atom stereocenters. The average molecular weight is 224 g/mol. The number of ether oxygens (including phenoxy) is 2. The highest BCUT2D eigenvalue weighted by Gasteiger charge is 2.07. The van der Waals surface area contributed by atoms with Crippen molar-refractivity contribution in [1.82, 2.24) is 0 Å². The molecule has 4 heteroatoms.